The van der Waals surface area contributed by atoms with Crippen LogP contribution in [0.1, 0.15) is 46.5 Å². The summed E-state index contributed by atoms with van der Waals surface area (Å²) in [5.41, 5.74) is -0.520. The van der Waals surface area contributed by atoms with E-state index in [4.69, 9.17) is 23.7 Å². The summed E-state index contributed by atoms with van der Waals surface area (Å²) < 4.78 is 26.7. The van der Waals surface area contributed by atoms with Crippen LogP contribution in [-0.4, -0.2) is 107 Å². The molecule has 212 valence electrons. The summed E-state index contributed by atoms with van der Waals surface area (Å²) in [6.07, 6.45) is 4.63. The second-order valence-electron chi connectivity index (χ2n) is 9.20. The Kier molecular flexibility index (Phi) is 17.2. The molecule has 12 heteroatoms. The number of nitrogens with zero attached hydrogens (tertiary/aromatic N) is 1. The molecule has 0 spiro atoms. The number of imide groups is 1. The third-order valence-electron chi connectivity index (χ3n) is 4.79. The summed E-state index contributed by atoms with van der Waals surface area (Å²) in [4.78, 5) is 47.3. The number of alkyl carbamates (subject to hydrolysis) is 1. The van der Waals surface area contributed by atoms with Crippen molar-refractivity contribution in [3.8, 4) is 0 Å². The minimum atomic E-state index is -0.520. The van der Waals surface area contributed by atoms with Crippen molar-refractivity contribution in [2.24, 2.45) is 0 Å². The van der Waals surface area contributed by atoms with Gasteiger partial charge in [-0.05, 0) is 33.6 Å². The highest BCUT2D eigenvalue weighted by atomic mass is 16.6. The van der Waals surface area contributed by atoms with Crippen molar-refractivity contribution >= 4 is 23.8 Å². The highest BCUT2D eigenvalue weighted by Gasteiger charge is 2.22. The Bertz CT molecular complexity index is 705. The SMILES string of the molecule is CC(C)(C)OC(=O)NCCOCCOCCOCCOCCNC(=O)CCCCCN1C(=O)C=CC1=O. The number of ether oxygens (including phenoxy) is 5. The van der Waals surface area contributed by atoms with E-state index in [0.717, 1.165) is 6.42 Å². The van der Waals surface area contributed by atoms with Gasteiger partial charge in [0, 0.05) is 38.2 Å². The lowest BCUT2D eigenvalue weighted by Crippen LogP contribution is -2.34. The maximum absolute atomic E-state index is 11.8. The second kappa shape index (κ2) is 19.6. The molecule has 0 saturated heterocycles. The number of nitrogens with one attached hydrogen (secondary N) is 2. The van der Waals surface area contributed by atoms with E-state index in [9.17, 15) is 19.2 Å². The van der Waals surface area contributed by atoms with E-state index >= 15 is 0 Å². The molecular formula is C25H43N3O9. The van der Waals surface area contributed by atoms with Crippen LogP contribution in [0, 0.1) is 0 Å². The average Bonchev–Trinajstić information content (AvgIpc) is 3.14. The minimum absolute atomic E-state index is 0.0460. The highest BCUT2D eigenvalue weighted by Crippen LogP contribution is 2.08. The molecule has 12 nitrogen and oxygen atoms in total. The minimum Gasteiger partial charge on any atom is -0.444 e. The van der Waals surface area contributed by atoms with Gasteiger partial charge in [-0.3, -0.25) is 19.3 Å². The summed E-state index contributed by atoms with van der Waals surface area (Å²) in [6.45, 7) is 9.96. The Morgan fingerprint density at radius 3 is 1.73 bits per heavy atom. The standard InChI is InChI=1S/C25H43N3O9/c1-25(2,3)37-24(32)27-11-14-34-16-18-36-20-19-35-17-15-33-13-10-26-21(29)7-5-4-6-12-28-22(30)8-9-23(28)31/h8-9H,4-7,10-20H2,1-3H3,(H,26,29)(H,27,32). The zero-order chi connectivity index (χ0) is 27.4. The van der Waals surface area contributed by atoms with E-state index in [-0.39, 0.29) is 17.7 Å². The van der Waals surface area contributed by atoms with Crippen LogP contribution in [0.2, 0.25) is 0 Å². The van der Waals surface area contributed by atoms with Gasteiger partial charge in [-0.2, -0.15) is 0 Å². The molecule has 37 heavy (non-hydrogen) atoms. The van der Waals surface area contributed by atoms with Crippen molar-refractivity contribution in [3.05, 3.63) is 12.2 Å². The highest BCUT2D eigenvalue weighted by molar-refractivity contribution is 6.12. The van der Waals surface area contributed by atoms with Gasteiger partial charge in [-0.15, -0.1) is 0 Å². The lowest BCUT2D eigenvalue weighted by Gasteiger charge is -2.19. The van der Waals surface area contributed by atoms with Crippen molar-refractivity contribution in [3.63, 3.8) is 0 Å². The molecule has 0 aromatic carbocycles. The van der Waals surface area contributed by atoms with Crippen molar-refractivity contribution in [2.45, 2.75) is 52.1 Å². The lowest BCUT2D eigenvalue weighted by molar-refractivity contribution is -0.137. The van der Waals surface area contributed by atoms with Gasteiger partial charge in [0.15, 0.2) is 0 Å². The van der Waals surface area contributed by atoms with Gasteiger partial charge in [0.1, 0.15) is 5.60 Å². The summed E-state index contributed by atoms with van der Waals surface area (Å²) >= 11 is 0. The Morgan fingerprint density at radius 2 is 1.22 bits per heavy atom. The smallest absolute Gasteiger partial charge is 0.407 e. The molecule has 0 fully saturated rings. The Hall–Kier alpha value is -2.54. The molecule has 0 radical (unpaired) electrons. The van der Waals surface area contributed by atoms with Crippen molar-refractivity contribution in [2.75, 3.05) is 72.5 Å². The van der Waals surface area contributed by atoms with Crippen LogP contribution in [-0.2, 0) is 38.1 Å². The van der Waals surface area contributed by atoms with E-state index in [1.54, 1.807) is 20.8 Å². The molecule has 0 saturated carbocycles. The predicted molar refractivity (Wildman–Crippen MR) is 135 cm³/mol. The summed E-state index contributed by atoms with van der Waals surface area (Å²) in [5.74, 6) is -0.590. The number of amides is 4. The molecule has 1 heterocycles. The van der Waals surface area contributed by atoms with E-state index in [1.807, 2.05) is 0 Å². The van der Waals surface area contributed by atoms with Gasteiger partial charge in [0.25, 0.3) is 11.8 Å². The number of hydrogen-bond acceptors (Lipinski definition) is 9. The Balaban J connectivity index is 1.76. The normalized spacial score (nSPS) is 13.3. The van der Waals surface area contributed by atoms with Crippen LogP contribution in [0.25, 0.3) is 0 Å². The van der Waals surface area contributed by atoms with Gasteiger partial charge in [0.2, 0.25) is 5.91 Å². The molecule has 4 amide bonds. The molecule has 1 aliphatic heterocycles. The van der Waals surface area contributed by atoms with E-state index in [0.29, 0.717) is 91.8 Å². The molecule has 0 bridgehead atoms. The first-order valence-electron chi connectivity index (χ1n) is 12.8. The van der Waals surface area contributed by atoms with Gasteiger partial charge in [-0.1, -0.05) is 6.42 Å². The zero-order valence-corrected chi connectivity index (χ0v) is 22.4. The van der Waals surface area contributed by atoms with Gasteiger partial charge in [0.05, 0.1) is 52.9 Å². The maximum atomic E-state index is 11.8. The van der Waals surface area contributed by atoms with Gasteiger partial charge < -0.3 is 34.3 Å². The first kappa shape index (κ1) is 32.5. The van der Waals surface area contributed by atoms with Crippen LogP contribution in [0.3, 0.4) is 0 Å². The average molecular weight is 530 g/mol. The van der Waals surface area contributed by atoms with E-state index in [2.05, 4.69) is 10.6 Å². The zero-order valence-electron chi connectivity index (χ0n) is 22.4. The second-order valence-corrected chi connectivity index (χ2v) is 9.20. The fraction of sp³-hybridized carbons (Fsp3) is 0.760. The molecule has 0 aromatic heterocycles. The fourth-order valence-corrected chi connectivity index (χ4v) is 3.04. The van der Waals surface area contributed by atoms with Crippen LogP contribution >= 0.6 is 0 Å². The number of unbranched alkanes of at least 4 members (excludes halogenated alkanes) is 2. The summed E-state index contributed by atoms with van der Waals surface area (Å²) in [5, 5.41) is 5.41. The number of hydrogen-bond donors (Lipinski definition) is 2. The first-order chi connectivity index (χ1) is 17.7. The summed E-state index contributed by atoms with van der Waals surface area (Å²) in [6, 6.07) is 0. The Morgan fingerprint density at radius 1 is 0.730 bits per heavy atom. The molecule has 0 unspecified atom stereocenters. The van der Waals surface area contributed by atoms with Crippen LogP contribution < -0.4 is 10.6 Å². The quantitative estimate of drug-likeness (QED) is 0.166. The molecule has 0 aromatic rings. The molecule has 1 aliphatic rings. The van der Waals surface area contributed by atoms with Crippen molar-refractivity contribution in [1.82, 2.24) is 15.5 Å². The first-order valence-corrected chi connectivity index (χ1v) is 12.8. The summed E-state index contributed by atoms with van der Waals surface area (Å²) in [7, 11) is 0. The van der Waals surface area contributed by atoms with E-state index in [1.165, 1.54) is 17.1 Å². The predicted octanol–water partition coefficient (Wildman–Crippen LogP) is 1.18. The molecule has 1 rings (SSSR count). The number of carbonyl (C=O) groups is 4. The maximum Gasteiger partial charge on any atom is 0.407 e. The fourth-order valence-electron chi connectivity index (χ4n) is 3.04. The topological polar surface area (TPSA) is 142 Å². The van der Waals surface area contributed by atoms with Gasteiger partial charge in [-0.25, -0.2) is 4.79 Å². The largest absolute Gasteiger partial charge is 0.444 e. The third-order valence-corrected chi connectivity index (χ3v) is 4.79. The van der Waals surface area contributed by atoms with Crippen LogP contribution in [0.4, 0.5) is 4.79 Å². The van der Waals surface area contributed by atoms with Crippen LogP contribution in [0.5, 0.6) is 0 Å². The lowest BCUT2D eigenvalue weighted by atomic mass is 10.2. The molecule has 0 aliphatic carbocycles. The van der Waals surface area contributed by atoms with Crippen molar-refractivity contribution < 1.29 is 42.9 Å². The molecule has 2 N–H and O–H groups in total. The van der Waals surface area contributed by atoms with Gasteiger partial charge >= 0.3 is 6.09 Å². The monoisotopic (exact) mass is 529 g/mol. The van der Waals surface area contributed by atoms with E-state index < -0.39 is 11.7 Å². The molecule has 0 atom stereocenters. The Labute approximate surface area is 219 Å². The number of rotatable bonds is 21. The van der Waals surface area contributed by atoms with Crippen molar-refractivity contribution in [1.29, 1.82) is 0 Å². The number of carbonyl (C=O) groups excluding carboxylic acids is 4. The third kappa shape index (κ3) is 18.4. The van der Waals surface area contributed by atoms with Crippen LogP contribution in [0.15, 0.2) is 12.2 Å². The molecular weight excluding hydrogens is 486 g/mol.